The molecule has 6 heteroatoms. The molecule has 1 heterocycles. The van der Waals surface area contributed by atoms with Crippen LogP contribution in [0.5, 0.6) is 0 Å². The van der Waals surface area contributed by atoms with E-state index in [0.29, 0.717) is 37.9 Å². The lowest BCUT2D eigenvalue weighted by molar-refractivity contribution is -0.117. The first-order valence-corrected chi connectivity index (χ1v) is 7.04. The van der Waals surface area contributed by atoms with Crippen LogP contribution in [0.1, 0.15) is 5.56 Å². The Morgan fingerprint density at radius 1 is 1.43 bits per heavy atom. The van der Waals surface area contributed by atoms with Gasteiger partial charge in [-0.05, 0) is 11.6 Å². The molecule has 1 aliphatic heterocycles. The van der Waals surface area contributed by atoms with Gasteiger partial charge in [-0.1, -0.05) is 29.8 Å². The van der Waals surface area contributed by atoms with E-state index in [1.807, 2.05) is 29.2 Å². The first kappa shape index (κ1) is 15.4. The molecule has 1 N–H and O–H groups in total. The molecular formula is C15H16ClN3O2. The second-order valence-corrected chi connectivity index (χ2v) is 4.98. The summed E-state index contributed by atoms with van der Waals surface area (Å²) < 4.78 is 5.22. The molecule has 0 radical (unpaired) electrons. The minimum atomic E-state index is -0.399. The molecule has 5 nitrogen and oxygen atoms in total. The van der Waals surface area contributed by atoms with E-state index in [9.17, 15) is 4.79 Å². The lowest BCUT2D eigenvalue weighted by atomic mass is 10.2. The van der Waals surface area contributed by atoms with E-state index < -0.39 is 5.91 Å². The molecule has 1 saturated heterocycles. The van der Waals surface area contributed by atoms with Crippen molar-refractivity contribution in [3.63, 3.8) is 0 Å². The molecule has 0 atom stereocenters. The normalized spacial score (nSPS) is 15.4. The summed E-state index contributed by atoms with van der Waals surface area (Å²) in [7, 11) is 0. The maximum Gasteiger partial charge on any atom is 0.263 e. The van der Waals surface area contributed by atoms with Crippen LogP contribution in [0.4, 0.5) is 0 Å². The van der Waals surface area contributed by atoms with Gasteiger partial charge >= 0.3 is 0 Å². The third-order valence-electron chi connectivity index (χ3n) is 3.12. The van der Waals surface area contributed by atoms with Gasteiger partial charge in [0, 0.05) is 30.9 Å². The number of carbonyl (C=O) groups excluding carboxylic acids is 1. The Hall–Kier alpha value is -2.03. The van der Waals surface area contributed by atoms with Crippen LogP contribution in [0.15, 0.2) is 36.0 Å². The number of ether oxygens (including phenoxy) is 1. The molecule has 0 unspecified atom stereocenters. The first-order valence-electron chi connectivity index (χ1n) is 6.66. The molecule has 0 aromatic heterocycles. The van der Waals surface area contributed by atoms with Gasteiger partial charge in [0.2, 0.25) is 0 Å². The molecule has 2 rings (SSSR count). The zero-order valence-corrected chi connectivity index (χ0v) is 12.3. The van der Waals surface area contributed by atoms with Crippen molar-refractivity contribution in [1.29, 1.82) is 5.26 Å². The average molecular weight is 306 g/mol. The summed E-state index contributed by atoms with van der Waals surface area (Å²) in [5.41, 5.74) is 0.903. The second-order valence-electron chi connectivity index (χ2n) is 4.58. The zero-order chi connectivity index (χ0) is 15.1. The number of benzene rings is 1. The van der Waals surface area contributed by atoms with Gasteiger partial charge in [0.25, 0.3) is 5.91 Å². The number of morpholine rings is 1. The van der Waals surface area contributed by atoms with Crippen molar-refractivity contribution in [1.82, 2.24) is 10.2 Å². The summed E-state index contributed by atoms with van der Waals surface area (Å²) in [6, 6.07) is 9.20. The number of nitriles is 1. The van der Waals surface area contributed by atoms with E-state index in [-0.39, 0.29) is 5.57 Å². The van der Waals surface area contributed by atoms with Gasteiger partial charge in [-0.25, -0.2) is 0 Å². The Bertz CT molecular complexity index is 575. The Balaban J connectivity index is 1.96. The third kappa shape index (κ3) is 4.48. The fourth-order valence-corrected chi connectivity index (χ4v) is 2.14. The first-order chi connectivity index (χ1) is 10.2. The largest absolute Gasteiger partial charge is 0.378 e. The van der Waals surface area contributed by atoms with E-state index in [2.05, 4.69) is 5.32 Å². The molecule has 1 fully saturated rings. The summed E-state index contributed by atoms with van der Waals surface area (Å²) in [6.07, 6.45) is 1.59. The van der Waals surface area contributed by atoms with Crippen LogP contribution in [0, 0.1) is 11.3 Å². The quantitative estimate of drug-likeness (QED) is 0.679. The van der Waals surface area contributed by atoms with E-state index in [1.54, 1.807) is 12.3 Å². The summed E-state index contributed by atoms with van der Waals surface area (Å²) in [6.45, 7) is 2.87. The van der Waals surface area contributed by atoms with E-state index in [0.717, 1.165) is 5.56 Å². The predicted octanol–water partition coefficient (Wildman–Crippen LogP) is 1.70. The highest BCUT2D eigenvalue weighted by Crippen LogP contribution is 2.14. The monoisotopic (exact) mass is 305 g/mol. The van der Waals surface area contributed by atoms with Gasteiger partial charge < -0.3 is 15.0 Å². The lowest BCUT2D eigenvalue weighted by Crippen LogP contribution is -2.34. The number of nitrogens with zero attached hydrogens (tertiary/aromatic N) is 2. The van der Waals surface area contributed by atoms with Crippen molar-refractivity contribution in [3.8, 4) is 6.07 Å². The Morgan fingerprint density at radius 3 is 2.81 bits per heavy atom. The molecule has 0 saturated carbocycles. The fraction of sp³-hybridized carbons (Fsp3) is 0.333. The SMILES string of the molecule is N#C/C(=C/N1CCOCC1)C(=O)NCc1ccccc1Cl. The van der Waals surface area contributed by atoms with Crippen LogP contribution in [-0.4, -0.2) is 37.1 Å². The summed E-state index contributed by atoms with van der Waals surface area (Å²) in [5, 5.41) is 12.4. The highest BCUT2D eigenvalue weighted by atomic mass is 35.5. The summed E-state index contributed by atoms with van der Waals surface area (Å²) in [4.78, 5) is 13.9. The number of amides is 1. The Morgan fingerprint density at radius 2 is 2.14 bits per heavy atom. The zero-order valence-electron chi connectivity index (χ0n) is 11.5. The van der Waals surface area contributed by atoms with Crippen molar-refractivity contribution >= 4 is 17.5 Å². The average Bonchev–Trinajstić information content (AvgIpc) is 2.52. The predicted molar refractivity (Wildman–Crippen MR) is 79.4 cm³/mol. The number of hydrogen-bond donors (Lipinski definition) is 1. The lowest BCUT2D eigenvalue weighted by Gasteiger charge is -2.25. The molecule has 1 amide bonds. The van der Waals surface area contributed by atoms with Crippen molar-refractivity contribution in [2.45, 2.75) is 6.54 Å². The molecule has 1 aromatic carbocycles. The van der Waals surface area contributed by atoms with Gasteiger partial charge in [-0.3, -0.25) is 4.79 Å². The maximum atomic E-state index is 12.0. The van der Waals surface area contributed by atoms with Crippen LogP contribution in [-0.2, 0) is 16.1 Å². The standard InChI is InChI=1S/C15H16ClN3O2/c16-14-4-2-1-3-12(14)10-18-15(20)13(9-17)11-19-5-7-21-8-6-19/h1-4,11H,5-8,10H2,(H,18,20)/b13-11-. The maximum absolute atomic E-state index is 12.0. The molecule has 0 aliphatic carbocycles. The number of hydrogen-bond acceptors (Lipinski definition) is 4. The van der Waals surface area contributed by atoms with Gasteiger partial charge in [0.1, 0.15) is 11.6 Å². The fourth-order valence-electron chi connectivity index (χ4n) is 1.94. The topological polar surface area (TPSA) is 65.4 Å². The second kappa shape index (κ2) is 7.67. The van der Waals surface area contributed by atoms with Gasteiger partial charge in [-0.15, -0.1) is 0 Å². The highest BCUT2D eigenvalue weighted by Gasteiger charge is 2.13. The van der Waals surface area contributed by atoms with E-state index in [1.165, 1.54) is 0 Å². The Kier molecular flexibility index (Phi) is 5.61. The molecule has 21 heavy (non-hydrogen) atoms. The molecule has 110 valence electrons. The molecule has 0 bridgehead atoms. The van der Waals surface area contributed by atoms with Gasteiger partial charge in [0.05, 0.1) is 13.2 Å². The van der Waals surface area contributed by atoms with Crippen LogP contribution in [0.2, 0.25) is 5.02 Å². The van der Waals surface area contributed by atoms with E-state index >= 15 is 0 Å². The minimum Gasteiger partial charge on any atom is -0.378 e. The molecule has 1 aliphatic rings. The summed E-state index contributed by atoms with van der Waals surface area (Å²) >= 11 is 6.02. The van der Waals surface area contributed by atoms with Crippen LogP contribution in [0.3, 0.4) is 0 Å². The van der Waals surface area contributed by atoms with Crippen LogP contribution >= 0.6 is 11.6 Å². The van der Waals surface area contributed by atoms with Crippen molar-refractivity contribution in [2.75, 3.05) is 26.3 Å². The van der Waals surface area contributed by atoms with Gasteiger partial charge in [-0.2, -0.15) is 5.26 Å². The number of nitrogens with one attached hydrogen (secondary N) is 1. The molecule has 1 aromatic rings. The number of halogens is 1. The number of rotatable bonds is 4. The van der Waals surface area contributed by atoms with Crippen LogP contribution < -0.4 is 5.32 Å². The highest BCUT2D eigenvalue weighted by molar-refractivity contribution is 6.31. The molecule has 0 spiro atoms. The molecular weight excluding hydrogens is 290 g/mol. The Labute approximate surface area is 128 Å². The van der Waals surface area contributed by atoms with Crippen molar-refractivity contribution in [2.24, 2.45) is 0 Å². The van der Waals surface area contributed by atoms with Crippen molar-refractivity contribution in [3.05, 3.63) is 46.6 Å². The number of carbonyl (C=O) groups is 1. The van der Waals surface area contributed by atoms with E-state index in [4.69, 9.17) is 21.6 Å². The summed E-state index contributed by atoms with van der Waals surface area (Å²) in [5.74, 6) is -0.399. The van der Waals surface area contributed by atoms with Crippen LogP contribution in [0.25, 0.3) is 0 Å². The van der Waals surface area contributed by atoms with Gasteiger partial charge in [0.15, 0.2) is 0 Å². The smallest absolute Gasteiger partial charge is 0.263 e. The third-order valence-corrected chi connectivity index (χ3v) is 3.49. The minimum absolute atomic E-state index is 0.0870. The van der Waals surface area contributed by atoms with Crippen molar-refractivity contribution < 1.29 is 9.53 Å².